The molecule has 2 heterocycles. The monoisotopic (exact) mass is 378 g/mol. The van der Waals surface area contributed by atoms with E-state index in [-0.39, 0.29) is 17.6 Å². The van der Waals surface area contributed by atoms with Gasteiger partial charge >= 0.3 is 0 Å². The van der Waals surface area contributed by atoms with Gasteiger partial charge in [-0.2, -0.15) is 0 Å². The minimum Gasteiger partial charge on any atom is -0.497 e. The van der Waals surface area contributed by atoms with E-state index in [9.17, 15) is 9.59 Å². The Morgan fingerprint density at radius 3 is 2.46 bits per heavy atom. The average molecular weight is 378 g/mol. The molecule has 0 aliphatic carbocycles. The second-order valence-corrected chi connectivity index (χ2v) is 6.95. The minimum absolute atomic E-state index is 0.0393. The van der Waals surface area contributed by atoms with E-state index in [0.717, 1.165) is 36.9 Å². The number of ether oxygens (including phenoxy) is 1. The van der Waals surface area contributed by atoms with E-state index in [2.05, 4.69) is 5.32 Å². The standard InChI is InChI=1S/C22H22N2O4/c1-14-18-13-17(27-2)9-10-19(18)28-20(14)21(25)23-16-7-5-15(6-8-16)22(26)24-11-3-4-12-24/h5-10,13H,3-4,11-12H2,1-2H3,(H,23,25). The lowest BCUT2D eigenvalue weighted by Crippen LogP contribution is -2.27. The fourth-order valence-corrected chi connectivity index (χ4v) is 3.53. The third-order valence-corrected chi connectivity index (χ3v) is 5.13. The van der Waals surface area contributed by atoms with Crippen LogP contribution < -0.4 is 10.1 Å². The van der Waals surface area contributed by atoms with Gasteiger partial charge in [-0.25, -0.2) is 0 Å². The van der Waals surface area contributed by atoms with Gasteiger partial charge in [0.05, 0.1) is 7.11 Å². The van der Waals surface area contributed by atoms with Crippen molar-refractivity contribution in [2.24, 2.45) is 0 Å². The molecule has 2 amide bonds. The van der Waals surface area contributed by atoms with Crippen molar-refractivity contribution >= 4 is 28.5 Å². The number of methoxy groups -OCH3 is 1. The summed E-state index contributed by atoms with van der Waals surface area (Å²) < 4.78 is 11.0. The Labute approximate surface area is 163 Å². The van der Waals surface area contributed by atoms with E-state index in [1.54, 1.807) is 43.5 Å². The topological polar surface area (TPSA) is 71.8 Å². The molecule has 0 saturated carbocycles. The molecule has 1 aliphatic rings. The number of fused-ring (bicyclic) bond motifs is 1. The minimum atomic E-state index is -0.328. The number of carbonyl (C=O) groups excluding carboxylic acids is 2. The summed E-state index contributed by atoms with van der Waals surface area (Å²) >= 11 is 0. The second kappa shape index (κ2) is 7.38. The van der Waals surface area contributed by atoms with Gasteiger partial charge in [0.25, 0.3) is 11.8 Å². The molecule has 4 rings (SSSR count). The number of amides is 2. The van der Waals surface area contributed by atoms with Gasteiger partial charge in [0.1, 0.15) is 11.3 Å². The molecule has 1 aromatic heterocycles. The van der Waals surface area contributed by atoms with Gasteiger partial charge in [0.15, 0.2) is 5.76 Å². The largest absolute Gasteiger partial charge is 0.497 e. The highest BCUT2D eigenvalue weighted by molar-refractivity contribution is 6.06. The molecule has 0 radical (unpaired) electrons. The lowest BCUT2D eigenvalue weighted by atomic mass is 10.1. The van der Waals surface area contributed by atoms with Crippen LogP contribution in [0.1, 0.15) is 39.3 Å². The van der Waals surface area contributed by atoms with Crippen molar-refractivity contribution in [3.8, 4) is 5.75 Å². The van der Waals surface area contributed by atoms with Crippen molar-refractivity contribution < 1.29 is 18.7 Å². The Balaban J connectivity index is 1.51. The summed E-state index contributed by atoms with van der Waals surface area (Å²) in [5.74, 6) is 0.686. The molecule has 6 heteroatoms. The SMILES string of the molecule is COc1ccc2oc(C(=O)Nc3ccc(C(=O)N4CCCC4)cc3)c(C)c2c1. The molecule has 0 atom stereocenters. The average Bonchev–Trinajstić information content (AvgIpc) is 3.36. The van der Waals surface area contributed by atoms with Gasteiger partial charge < -0.3 is 19.4 Å². The number of nitrogens with zero attached hydrogens (tertiary/aromatic N) is 1. The van der Waals surface area contributed by atoms with Crippen molar-refractivity contribution in [3.63, 3.8) is 0 Å². The fourth-order valence-electron chi connectivity index (χ4n) is 3.53. The summed E-state index contributed by atoms with van der Waals surface area (Å²) in [5, 5.41) is 3.68. The predicted octanol–water partition coefficient (Wildman–Crippen LogP) is 4.24. The number of likely N-dealkylation sites (tertiary alicyclic amines) is 1. The molecule has 144 valence electrons. The Morgan fingerprint density at radius 2 is 1.79 bits per heavy atom. The first-order valence-corrected chi connectivity index (χ1v) is 9.34. The normalized spacial score (nSPS) is 13.7. The highest BCUT2D eigenvalue weighted by Crippen LogP contribution is 2.29. The van der Waals surface area contributed by atoms with Crippen molar-refractivity contribution in [1.29, 1.82) is 0 Å². The van der Waals surface area contributed by atoms with E-state index in [1.807, 2.05) is 17.9 Å². The van der Waals surface area contributed by atoms with Crippen LogP contribution in [0.5, 0.6) is 5.75 Å². The maximum Gasteiger partial charge on any atom is 0.291 e. The molecule has 3 aromatic rings. The zero-order chi connectivity index (χ0) is 19.7. The highest BCUT2D eigenvalue weighted by atomic mass is 16.5. The molecular weight excluding hydrogens is 356 g/mol. The molecule has 0 bridgehead atoms. The molecule has 1 aliphatic heterocycles. The number of hydrogen-bond donors (Lipinski definition) is 1. The lowest BCUT2D eigenvalue weighted by Gasteiger charge is -2.15. The van der Waals surface area contributed by atoms with Crippen molar-refractivity contribution in [3.05, 3.63) is 59.4 Å². The second-order valence-electron chi connectivity index (χ2n) is 6.95. The number of aryl methyl sites for hydroxylation is 1. The molecule has 1 fully saturated rings. The van der Waals surface area contributed by atoms with E-state index < -0.39 is 0 Å². The van der Waals surface area contributed by atoms with Crippen LogP contribution in [0.4, 0.5) is 5.69 Å². The molecule has 0 spiro atoms. The number of rotatable bonds is 4. The number of nitrogens with one attached hydrogen (secondary N) is 1. The molecule has 1 saturated heterocycles. The summed E-state index contributed by atoms with van der Waals surface area (Å²) in [7, 11) is 1.60. The van der Waals surface area contributed by atoms with Gasteiger partial charge in [-0.3, -0.25) is 9.59 Å². The van der Waals surface area contributed by atoms with Crippen LogP contribution >= 0.6 is 0 Å². The van der Waals surface area contributed by atoms with Crippen molar-refractivity contribution in [1.82, 2.24) is 4.90 Å². The zero-order valence-corrected chi connectivity index (χ0v) is 16.0. The van der Waals surface area contributed by atoms with E-state index >= 15 is 0 Å². The third-order valence-electron chi connectivity index (χ3n) is 5.13. The van der Waals surface area contributed by atoms with Crippen molar-refractivity contribution in [2.45, 2.75) is 19.8 Å². The first kappa shape index (κ1) is 18.1. The van der Waals surface area contributed by atoms with Gasteiger partial charge in [-0.05, 0) is 62.2 Å². The number of hydrogen-bond acceptors (Lipinski definition) is 4. The smallest absolute Gasteiger partial charge is 0.291 e. The van der Waals surface area contributed by atoms with E-state index in [1.165, 1.54) is 0 Å². The van der Waals surface area contributed by atoms with Gasteiger partial charge in [0.2, 0.25) is 0 Å². The lowest BCUT2D eigenvalue weighted by molar-refractivity contribution is 0.0792. The molecule has 0 unspecified atom stereocenters. The van der Waals surface area contributed by atoms with Gasteiger partial charge in [-0.15, -0.1) is 0 Å². The number of benzene rings is 2. The molecule has 1 N–H and O–H groups in total. The van der Waals surface area contributed by atoms with E-state index in [4.69, 9.17) is 9.15 Å². The highest BCUT2D eigenvalue weighted by Gasteiger charge is 2.20. The predicted molar refractivity (Wildman–Crippen MR) is 107 cm³/mol. The van der Waals surface area contributed by atoms with Gasteiger partial charge in [0, 0.05) is 35.3 Å². The van der Waals surface area contributed by atoms with Crippen LogP contribution in [0, 0.1) is 6.92 Å². The number of furan rings is 1. The fraction of sp³-hybridized carbons (Fsp3) is 0.273. The van der Waals surface area contributed by atoms with Crippen LogP contribution in [-0.2, 0) is 0 Å². The van der Waals surface area contributed by atoms with Crippen LogP contribution in [-0.4, -0.2) is 36.9 Å². The van der Waals surface area contributed by atoms with Crippen LogP contribution in [0.2, 0.25) is 0 Å². The summed E-state index contributed by atoms with van der Waals surface area (Å²) in [5.41, 5.74) is 2.63. The summed E-state index contributed by atoms with van der Waals surface area (Å²) in [6, 6.07) is 12.4. The Bertz CT molecular complexity index is 1030. The zero-order valence-electron chi connectivity index (χ0n) is 16.0. The van der Waals surface area contributed by atoms with E-state index in [0.29, 0.717) is 22.6 Å². The first-order valence-electron chi connectivity index (χ1n) is 9.34. The Hall–Kier alpha value is -3.28. The first-order chi connectivity index (χ1) is 13.6. The molecular formula is C22H22N2O4. The molecule has 2 aromatic carbocycles. The van der Waals surface area contributed by atoms with Crippen LogP contribution in [0.25, 0.3) is 11.0 Å². The maximum absolute atomic E-state index is 12.7. The third kappa shape index (κ3) is 3.33. The van der Waals surface area contributed by atoms with Crippen LogP contribution in [0.15, 0.2) is 46.9 Å². The Kier molecular flexibility index (Phi) is 4.77. The summed E-state index contributed by atoms with van der Waals surface area (Å²) in [4.78, 5) is 26.9. The Morgan fingerprint density at radius 1 is 1.07 bits per heavy atom. The summed E-state index contributed by atoms with van der Waals surface area (Å²) in [6.45, 7) is 3.47. The quantitative estimate of drug-likeness (QED) is 0.737. The molecule has 6 nitrogen and oxygen atoms in total. The number of carbonyl (C=O) groups is 2. The molecule has 28 heavy (non-hydrogen) atoms. The van der Waals surface area contributed by atoms with Gasteiger partial charge in [-0.1, -0.05) is 0 Å². The number of anilines is 1. The van der Waals surface area contributed by atoms with Crippen LogP contribution in [0.3, 0.4) is 0 Å². The maximum atomic E-state index is 12.7. The van der Waals surface area contributed by atoms with Crippen molar-refractivity contribution in [2.75, 3.05) is 25.5 Å². The summed E-state index contributed by atoms with van der Waals surface area (Å²) in [6.07, 6.45) is 2.12.